The average molecular weight is 235 g/mol. The molecule has 3 N–H and O–H groups in total. The smallest absolute Gasteiger partial charge is 0.258 e. The van der Waals surface area contributed by atoms with Crippen molar-refractivity contribution in [3.8, 4) is 0 Å². The van der Waals surface area contributed by atoms with Crippen molar-refractivity contribution in [3.05, 3.63) is 41.3 Å². The number of hydrogen-bond donors (Lipinski definition) is 2. The van der Waals surface area contributed by atoms with E-state index in [1.54, 1.807) is 13.0 Å². The highest BCUT2D eigenvalue weighted by Crippen LogP contribution is 2.14. The van der Waals surface area contributed by atoms with Gasteiger partial charge in [-0.1, -0.05) is 5.16 Å². The monoisotopic (exact) mass is 235 g/mol. The number of benzene rings is 1. The lowest BCUT2D eigenvalue weighted by atomic mass is 10.2. The molecule has 0 radical (unpaired) electrons. The zero-order valence-electron chi connectivity index (χ0n) is 9.03. The first-order valence-corrected chi connectivity index (χ1v) is 4.85. The Morgan fingerprint density at radius 3 is 2.76 bits per heavy atom. The Balaban J connectivity index is 2.19. The van der Waals surface area contributed by atoms with Gasteiger partial charge in [0.05, 0.1) is 5.69 Å². The van der Waals surface area contributed by atoms with Crippen LogP contribution in [0.2, 0.25) is 0 Å². The maximum atomic E-state index is 13.0. The van der Waals surface area contributed by atoms with Crippen LogP contribution in [0.4, 0.5) is 16.0 Å². The number of aryl methyl sites for hydroxylation is 1. The number of anilines is 2. The van der Waals surface area contributed by atoms with Crippen molar-refractivity contribution in [2.24, 2.45) is 0 Å². The SMILES string of the molecule is Cc1cc(NC(=O)c2cc(N)cc(F)c2)on1. The molecular formula is C11H10FN3O2. The molecule has 0 aliphatic carbocycles. The fourth-order valence-corrected chi connectivity index (χ4v) is 1.35. The highest BCUT2D eigenvalue weighted by Gasteiger charge is 2.10. The van der Waals surface area contributed by atoms with Crippen molar-refractivity contribution >= 4 is 17.5 Å². The first-order chi connectivity index (χ1) is 8.04. The molecule has 1 aromatic heterocycles. The topological polar surface area (TPSA) is 81.2 Å². The van der Waals surface area contributed by atoms with E-state index in [0.717, 1.165) is 12.1 Å². The highest BCUT2D eigenvalue weighted by atomic mass is 19.1. The number of nitrogens with one attached hydrogen (secondary N) is 1. The lowest BCUT2D eigenvalue weighted by molar-refractivity contribution is 0.102. The molecule has 0 aliphatic heterocycles. The standard InChI is InChI=1S/C11H10FN3O2/c1-6-2-10(17-15-6)14-11(16)7-3-8(12)5-9(13)4-7/h2-5H,13H2,1H3,(H,14,16). The molecular weight excluding hydrogens is 225 g/mol. The van der Waals surface area contributed by atoms with Crippen molar-refractivity contribution < 1.29 is 13.7 Å². The Bertz CT molecular complexity index is 545. The number of carbonyl (C=O) groups excluding carboxylic acids is 1. The van der Waals surface area contributed by atoms with Crippen LogP contribution in [0.1, 0.15) is 16.1 Å². The minimum Gasteiger partial charge on any atom is -0.399 e. The maximum Gasteiger partial charge on any atom is 0.258 e. The maximum absolute atomic E-state index is 13.0. The second-order valence-corrected chi connectivity index (χ2v) is 3.56. The minimum atomic E-state index is -0.566. The van der Waals surface area contributed by atoms with Gasteiger partial charge < -0.3 is 10.3 Å². The highest BCUT2D eigenvalue weighted by molar-refractivity contribution is 6.04. The third-order valence-corrected chi connectivity index (χ3v) is 2.05. The third kappa shape index (κ3) is 2.60. The molecule has 0 unspecified atom stereocenters. The van der Waals surface area contributed by atoms with E-state index in [9.17, 15) is 9.18 Å². The molecule has 0 saturated carbocycles. The molecule has 0 spiro atoms. The number of nitrogen functional groups attached to an aromatic ring is 1. The molecule has 1 heterocycles. The molecule has 0 aliphatic rings. The lowest BCUT2D eigenvalue weighted by Gasteiger charge is -2.02. The zero-order chi connectivity index (χ0) is 12.4. The molecule has 0 fully saturated rings. The molecule has 6 heteroatoms. The quantitative estimate of drug-likeness (QED) is 0.779. The van der Waals surface area contributed by atoms with Crippen molar-refractivity contribution in [2.45, 2.75) is 6.92 Å². The van der Waals surface area contributed by atoms with Gasteiger partial charge in [0.25, 0.3) is 5.91 Å². The fourth-order valence-electron chi connectivity index (χ4n) is 1.35. The van der Waals surface area contributed by atoms with Crippen LogP contribution in [-0.2, 0) is 0 Å². The summed E-state index contributed by atoms with van der Waals surface area (Å²) < 4.78 is 17.8. The van der Waals surface area contributed by atoms with Crippen LogP contribution < -0.4 is 11.1 Å². The van der Waals surface area contributed by atoms with E-state index < -0.39 is 11.7 Å². The Hall–Kier alpha value is -2.37. The van der Waals surface area contributed by atoms with E-state index in [1.165, 1.54) is 6.07 Å². The second-order valence-electron chi connectivity index (χ2n) is 3.56. The van der Waals surface area contributed by atoms with Gasteiger partial charge in [-0.3, -0.25) is 10.1 Å². The lowest BCUT2D eigenvalue weighted by Crippen LogP contribution is -2.12. The number of nitrogens with zero attached hydrogens (tertiary/aromatic N) is 1. The molecule has 88 valence electrons. The summed E-state index contributed by atoms with van der Waals surface area (Å²) >= 11 is 0. The van der Waals surface area contributed by atoms with Crippen molar-refractivity contribution in [1.82, 2.24) is 5.16 Å². The number of hydrogen-bond acceptors (Lipinski definition) is 4. The Morgan fingerprint density at radius 1 is 1.41 bits per heavy atom. The number of nitrogens with two attached hydrogens (primary N) is 1. The number of rotatable bonds is 2. The summed E-state index contributed by atoms with van der Waals surface area (Å²) in [5, 5.41) is 6.05. The van der Waals surface area contributed by atoms with Crippen LogP contribution in [0.25, 0.3) is 0 Å². The van der Waals surface area contributed by atoms with E-state index in [0.29, 0.717) is 5.69 Å². The molecule has 5 nitrogen and oxygen atoms in total. The molecule has 17 heavy (non-hydrogen) atoms. The summed E-state index contributed by atoms with van der Waals surface area (Å²) in [7, 11) is 0. The van der Waals surface area contributed by atoms with Crippen LogP contribution in [0.5, 0.6) is 0 Å². The molecule has 1 amide bonds. The summed E-state index contributed by atoms with van der Waals surface area (Å²) in [6.45, 7) is 1.72. The van der Waals surface area contributed by atoms with Crippen LogP contribution in [0, 0.1) is 12.7 Å². The molecule has 2 rings (SSSR count). The number of carbonyl (C=O) groups is 1. The largest absolute Gasteiger partial charge is 0.399 e. The third-order valence-electron chi connectivity index (χ3n) is 2.05. The van der Waals surface area contributed by atoms with Gasteiger partial charge in [0.1, 0.15) is 5.82 Å². The first kappa shape index (κ1) is 11.1. The van der Waals surface area contributed by atoms with E-state index in [4.69, 9.17) is 10.3 Å². The predicted molar refractivity (Wildman–Crippen MR) is 60.0 cm³/mol. The minimum absolute atomic E-state index is 0.122. The summed E-state index contributed by atoms with van der Waals surface area (Å²) in [5.74, 6) is -0.869. The summed E-state index contributed by atoms with van der Waals surface area (Å²) in [4.78, 5) is 11.7. The average Bonchev–Trinajstić information content (AvgIpc) is 2.62. The predicted octanol–water partition coefficient (Wildman–Crippen LogP) is 1.96. The van der Waals surface area contributed by atoms with Gasteiger partial charge in [0.15, 0.2) is 0 Å². The summed E-state index contributed by atoms with van der Waals surface area (Å²) in [6.07, 6.45) is 0. The first-order valence-electron chi connectivity index (χ1n) is 4.85. The van der Waals surface area contributed by atoms with Crippen LogP contribution in [-0.4, -0.2) is 11.1 Å². The van der Waals surface area contributed by atoms with Crippen LogP contribution in [0.15, 0.2) is 28.8 Å². The normalized spacial score (nSPS) is 10.2. The van der Waals surface area contributed by atoms with Crippen molar-refractivity contribution in [3.63, 3.8) is 0 Å². The second kappa shape index (κ2) is 4.25. The number of amides is 1. The van der Waals surface area contributed by atoms with Gasteiger partial charge in [-0.05, 0) is 25.1 Å². The Labute approximate surface area is 96.4 Å². The van der Waals surface area contributed by atoms with Gasteiger partial charge >= 0.3 is 0 Å². The Kier molecular flexibility index (Phi) is 2.78. The summed E-state index contributed by atoms with van der Waals surface area (Å²) in [6, 6.07) is 5.16. The van der Waals surface area contributed by atoms with Gasteiger partial charge in [0.2, 0.25) is 5.88 Å². The zero-order valence-corrected chi connectivity index (χ0v) is 9.03. The fraction of sp³-hybridized carbons (Fsp3) is 0.0909. The van der Waals surface area contributed by atoms with Gasteiger partial charge in [0, 0.05) is 17.3 Å². The van der Waals surface area contributed by atoms with E-state index >= 15 is 0 Å². The molecule has 0 atom stereocenters. The van der Waals surface area contributed by atoms with E-state index in [-0.39, 0.29) is 17.1 Å². The summed E-state index contributed by atoms with van der Waals surface area (Å²) in [5.41, 5.74) is 6.38. The van der Waals surface area contributed by atoms with Crippen molar-refractivity contribution in [1.29, 1.82) is 0 Å². The van der Waals surface area contributed by atoms with Gasteiger partial charge in [-0.15, -0.1) is 0 Å². The molecule has 1 aromatic carbocycles. The van der Waals surface area contributed by atoms with Crippen LogP contribution >= 0.6 is 0 Å². The van der Waals surface area contributed by atoms with Crippen LogP contribution in [0.3, 0.4) is 0 Å². The van der Waals surface area contributed by atoms with Crippen molar-refractivity contribution in [2.75, 3.05) is 11.1 Å². The van der Waals surface area contributed by atoms with E-state index in [1.807, 2.05) is 0 Å². The number of halogens is 1. The van der Waals surface area contributed by atoms with Gasteiger partial charge in [-0.2, -0.15) is 0 Å². The Morgan fingerprint density at radius 2 is 2.18 bits per heavy atom. The number of aromatic nitrogens is 1. The van der Waals surface area contributed by atoms with Gasteiger partial charge in [-0.25, -0.2) is 4.39 Å². The molecule has 0 saturated heterocycles. The molecule has 0 bridgehead atoms. The molecule has 2 aromatic rings. The van der Waals surface area contributed by atoms with E-state index in [2.05, 4.69) is 10.5 Å².